The van der Waals surface area contributed by atoms with Crippen LogP contribution in [0.2, 0.25) is 0 Å². The maximum Gasteiger partial charge on any atom is 0.257 e. The van der Waals surface area contributed by atoms with Crippen molar-refractivity contribution >= 4 is 34.6 Å². The van der Waals surface area contributed by atoms with Crippen LogP contribution in [-0.4, -0.2) is 18.4 Å². The van der Waals surface area contributed by atoms with Crippen molar-refractivity contribution in [2.24, 2.45) is 5.92 Å². The van der Waals surface area contributed by atoms with E-state index < -0.39 is 0 Å². The Labute approximate surface area is 217 Å². The van der Waals surface area contributed by atoms with Gasteiger partial charge in [-0.25, -0.2) is 0 Å². The molecule has 0 atom stereocenters. The molecule has 2 amide bonds. The van der Waals surface area contributed by atoms with Gasteiger partial charge < -0.3 is 20.7 Å². The van der Waals surface area contributed by atoms with Crippen LogP contribution in [0.3, 0.4) is 0 Å². The maximum atomic E-state index is 13.0. The van der Waals surface area contributed by atoms with Gasteiger partial charge >= 0.3 is 0 Å². The van der Waals surface area contributed by atoms with E-state index in [2.05, 4.69) is 29.8 Å². The Hall–Kier alpha value is -4.58. The molecule has 37 heavy (non-hydrogen) atoms. The lowest BCUT2D eigenvalue weighted by Gasteiger charge is -2.13. The minimum atomic E-state index is -0.312. The Balaban J connectivity index is 1.37. The summed E-state index contributed by atoms with van der Waals surface area (Å²) >= 11 is 0. The molecule has 0 aromatic heterocycles. The maximum absolute atomic E-state index is 13.0. The average Bonchev–Trinajstić information content (AvgIpc) is 2.91. The van der Waals surface area contributed by atoms with Gasteiger partial charge in [0.1, 0.15) is 5.75 Å². The number of carbonyl (C=O) groups is 2. The van der Waals surface area contributed by atoms with Gasteiger partial charge in [-0.1, -0.05) is 44.2 Å². The summed E-state index contributed by atoms with van der Waals surface area (Å²) in [6.07, 6.45) is 0.968. The van der Waals surface area contributed by atoms with Gasteiger partial charge in [0.2, 0.25) is 0 Å². The number of benzene rings is 4. The highest BCUT2D eigenvalue weighted by atomic mass is 16.5. The summed E-state index contributed by atoms with van der Waals surface area (Å²) < 4.78 is 5.73. The molecule has 3 N–H and O–H groups in total. The highest BCUT2D eigenvalue weighted by molar-refractivity contribution is 6.12. The van der Waals surface area contributed by atoms with Crippen molar-refractivity contribution in [1.82, 2.24) is 0 Å². The number of amides is 2. The van der Waals surface area contributed by atoms with Crippen LogP contribution in [0.5, 0.6) is 5.75 Å². The number of carbonyl (C=O) groups excluding carboxylic acids is 2. The summed E-state index contributed by atoms with van der Waals surface area (Å²) in [5.41, 5.74) is 3.83. The molecule has 6 heteroatoms. The first-order valence-corrected chi connectivity index (χ1v) is 12.3. The van der Waals surface area contributed by atoms with E-state index in [9.17, 15) is 9.59 Å². The van der Waals surface area contributed by atoms with E-state index in [4.69, 9.17) is 4.74 Å². The fourth-order valence-electron chi connectivity index (χ4n) is 3.62. The quantitative estimate of drug-likeness (QED) is 0.216. The zero-order chi connectivity index (χ0) is 26.0. The second-order valence-electron chi connectivity index (χ2n) is 9.08. The summed E-state index contributed by atoms with van der Waals surface area (Å²) in [5, 5.41) is 9.07. The first-order chi connectivity index (χ1) is 18.0. The van der Waals surface area contributed by atoms with Crippen molar-refractivity contribution in [3.8, 4) is 5.75 Å². The molecule has 0 bridgehead atoms. The van der Waals surface area contributed by atoms with Gasteiger partial charge in [-0.2, -0.15) is 0 Å². The third kappa shape index (κ3) is 7.45. The number of nitrogens with one attached hydrogen (secondary N) is 3. The summed E-state index contributed by atoms with van der Waals surface area (Å²) in [6.45, 7) is 4.93. The first-order valence-electron chi connectivity index (χ1n) is 12.3. The standard InChI is InChI=1S/C31H31N3O3/c1-22(2)20-21-37-27-18-12-23(13-19-27)30(35)34-29-11-7-6-10-28(29)31(36)33-26-16-14-25(15-17-26)32-24-8-4-3-5-9-24/h3-19,22,32H,20-21H2,1-2H3,(H,33,36)(H,34,35). The molecular formula is C31H31N3O3. The molecule has 0 fully saturated rings. The zero-order valence-corrected chi connectivity index (χ0v) is 21.0. The highest BCUT2D eigenvalue weighted by Gasteiger charge is 2.15. The molecule has 6 nitrogen and oxygen atoms in total. The highest BCUT2D eigenvalue weighted by Crippen LogP contribution is 2.22. The van der Waals surface area contributed by atoms with Gasteiger partial charge in [-0.15, -0.1) is 0 Å². The van der Waals surface area contributed by atoms with Crippen molar-refractivity contribution in [3.63, 3.8) is 0 Å². The van der Waals surface area contributed by atoms with Crippen LogP contribution in [0.25, 0.3) is 0 Å². The predicted octanol–water partition coefficient (Wildman–Crippen LogP) is 7.36. The van der Waals surface area contributed by atoms with Gasteiger partial charge in [0.25, 0.3) is 11.8 Å². The topological polar surface area (TPSA) is 79.5 Å². The van der Waals surface area contributed by atoms with Crippen LogP contribution < -0.4 is 20.7 Å². The molecule has 4 aromatic carbocycles. The van der Waals surface area contributed by atoms with E-state index in [0.717, 1.165) is 23.5 Å². The molecule has 0 saturated carbocycles. The smallest absolute Gasteiger partial charge is 0.257 e. The molecule has 0 radical (unpaired) electrons. The molecule has 0 heterocycles. The fraction of sp³-hybridized carbons (Fsp3) is 0.161. The van der Waals surface area contributed by atoms with Crippen LogP contribution in [0, 0.1) is 5.92 Å². The van der Waals surface area contributed by atoms with Crippen molar-refractivity contribution in [2.45, 2.75) is 20.3 Å². The number of rotatable bonds is 10. The van der Waals surface area contributed by atoms with Crippen molar-refractivity contribution in [1.29, 1.82) is 0 Å². The van der Waals surface area contributed by atoms with E-state index in [0.29, 0.717) is 35.0 Å². The molecular weight excluding hydrogens is 462 g/mol. The Morgan fingerprint density at radius 3 is 2.00 bits per heavy atom. The number of ether oxygens (including phenoxy) is 1. The van der Waals surface area contributed by atoms with E-state index >= 15 is 0 Å². The fourth-order valence-corrected chi connectivity index (χ4v) is 3.62. The molecule has 4 aromatic rings. The third-order valence-electron chi connectivity index (χ3n) is 5.71. The first kappa shape index (κ1) is 25.5. The van der Waals surface area contributed by atoms with Crippen LogP contribution in [0.1, 0.15) is 41.0 Å². The van der Waals surface area contributed by atoms with Crippen LogP contribution in [-0.2, 0) is 0 Å². The van der Waals surface area contributed by atoms with Gasteiger partial charge in [-0.3, -0.25) is 9.59 Å². The van der Waals surface area contributed by atoms with Crippen LogP contribution >= 0.6 is 0 Å². The predicted molar refractivity (Wildman–Crippen MR) is 150 cm³/mol. The third-order valence-corrected chi connectivity index (χ3v) is 5.71. The van der Waals surface area contributed by atoms with Crippen molar-refractivity contribution in [3.05, 3.63) is 114 Å². The Bertz CT molecular complexity index is 1320. The van der Waals surface area contributed by atoms with Crippen LogP contribution in [0.4, 0.5) is 22.7 Å². The molecule has 188 valence electrons. The lowest BCUT2D eigenvalue weighted by molar-refractivity contribution is 0.102. The minimum Gasteiger partial charge on any atom is -0.494 e. The summed E-state index contributed by atoms with van der Waals surface area (Å²) in [5.74, 6) is 0.680. The minimum absolute atomic E-state index is 0.301. The van der Waals surface area contributed by atoms with Gasteiger partial charge in [0.05, 0.1) is 17.9 Å². The van der Waals surface area contributed by atoms with E-state index in [1.807, 2.05) is 54.6 Å². The van der Waals surface area contributed by atoms with Gasteiger partial charge in [-0.05, 0) is 85.1 Å². The number of anilines is 4. The Kier molecular flexibility index (Phi) is 8.55. The molecule has 0 unspecified atom stereocenters. The molecule has 0 spiro atoms. The second-order valence-corrected chi connectivity index (χ2v) is 9.08. The summed E-state index contributed by atoms with van der Waals surface area (Å²) in [6, 6.07) is 31.2. The summed E-state index contributed by atoms with van der Waals surface area (Å²) in [7, 11) is 0. The number of para-hydroxylation sites is 2. The van der Waals surface area contributed by atoms with Crippen molar-refractivity contribution < 1.29 is 14.3 Å². The van der Waals surface area contributed by atoms with E-state index in [1.165, 1.54) is 0 Å². The lowest BCUT2D eigenvalue weighted by Crippen LogP contribution is -2.18. The second kappa shape index (κ2) is 12.4. The van der Waals surface area contributed by atoms with Crippen molar-refractivity contribution in [2.75, 3.05) is 22.6 Å². The SMILES string of the molecule is CC(C)CCOc1ccc(C(=O)Nc2ccccc2C(=O)Nc2ccc(Nc3ccccc3)cc2)cc1. The Morgan fingerprint density at radius 2 is 1.30 bits per heavy atom. The van der Waals surface area contributed by atoms with Crippen LogP contribution in [0.15, 0.2) is 103 Å². The average molecular weight is 494 g/mol. The Morgan fingerprint density at radius 1 is 0.676 bits per heavy atom. The summed E-state index contributed by atoms with van der Waals surface area (Å²) in [4.78, 5) is 25.9. The number of hydrogen-bond donors (Lipinski definition) is 3. The molecule has 0 aliphatic rings. The van der Waals surface area contributed by atoms with Gasteiger partial charge in [0.15, 0.2) is 0 Å². The van der Waals surface area contributed by atoms with Gasteiger partial charge in [0, 0.05) is 22.6 Å². The largest absolute Gasteiger partial charge is 0.494 e. The van der Waals surface area contributed by atoms with E-state index in [-0.39, 0.29) is 11.8 Å². The molecule has 4 rings (SSSR count). The number of hydrogen-bond acceptors (Lipinski definition) is 4. The zero-order valence-electron chi connectivity index (χ0n) is 21.0. The van der Waals surface area contributed by atoms with E-state index in [1.54, 1.807) is 48.5 Å². The molecule has 0 aliphatic carbocycles. The normalized spacial score (nSPS) is 10.6. The monoisotopic (exact) mass is 493 g/mol. The molecule has 0 aliphatic heterocycles. The lowest BCUT2D eigenvalue weighted by atomic mass is 10.1. The molecule has 0 saturated heterocycles.